The number of rotatable bonds is 2. The van der Waals surface area contributed by atoms with E-state index in [4.69, 9.17) is 5.73 Å². The maximum Gasteiger partial charge on any atom is 0.139 e. The average molecular weight is 237 g/mol. The van der Waals surface area contributed by atoms with Crippen LogP contribution in [0.2, 0.25) is 0 Å². The van der Waals surface area contributed by atoms with E-state index in [2.05, 4.69) is 13.8 Å². The minimum absolute atomic E-state index is 0.274. The predicted octanol–water partition coefficient (Wildman–Crippen LogP) is 3.15. The summed E-state index contributed by atoms with van der Waals surface area (Å²) >= 11 is 0. The lowest BCUT2D eigenvalue weighted by Gasteiger charge is -2.34. The first kappa shape index (κ1) is 13.1. The minimum atomic E-state index is 0.274. The van der Waals surface area contributed by atoms with Crippen molar-refractivity contribution in [1.82, 2.24) is 0 Å². The van der Waals surface area contributed by atoms with E-state index in [1.54, 1.807) is 0 Å². The van der Waals surface area contributed by atoms with Crippen LogP contribution in [0.5, 0.6) is 0 Å². The summed E-state index contributed by atoms with van der Waals surface area (Å²) in [7, 11) is 0. The number of hydrogen-bond acceptors (Lipinski definition) is 2. The maximum absolute atomic E-state index is 12.5. The molecular formula is C15H27NO. The van der Waals surface area contributed by atoms with E-state index in [1.165, 1.54) is 6.42 Å². The van der Waals surface area contributed by atoms with Gasteiger partial charge in [-0.1, -0.05) is 20.3 Å². The molecule has 2 rings (SSSR count). The van der Waals surface area contributed by atoms with Crippen molar-refractivity contribution in [2.24, 2.45) is 29.4 Å². The predicted molar refractivity (Wildman–Crippen MR) is 70.6 cm³/mol. The van der Waals surface area contributed by atoms with Crippen LogP contribution in [0.15, 0.2) is 0 Å². The van der Waals surface area contributed by atoms with Crippen LogP contribution >= 0.6 is 0 Å². The molecule has 0 bridgehead atoms. The molecule has 2 nitrogen and oxygen atoms in total. The van der Waals surface area contributed by atoms with Gasteiger partial charge >= 0.3 is 0 Å². The van der Waals surface area contributed by atoms with Gasteiger partial charge in [0.05, 0.1) is 0 Å². The second kappa shape index (κ2) is 5.51. The zero-order valence-electron chi connectivity index (χ0n) is 11.3. The van der Waals surface area contributed by atoms with Crippen molar-refractivity contribution >= 4 is 5.78 Å². The van der Waals surface area contributed by atoms with E-state index < -0.39 is 0 Å². The molecule has 0 aromatic carbocycles. The monoisotopic (exact) mass is 237 g/mol. The van der Waals surface area contributed by atoms with Gasteiger partial charge in [0, 0.05) is 17.9 Å². The van der Waals surface area contributed by atoms with Gasteiger partial charge in [-0.15, -0.1) is 0 Å². The molecule has 17 heavy (non-hydrogen) atoms. The third-order valence-corrected chi connectivity index (χ3v) is 4.70. The van der Waals surface area contributed by atoms with E-state index in [-0.39, 0.29) is 12.0 Å². The summed E-state index contributed by atoms with van der Waals surface area (Å²) in [4.78, 5) is 12.5. The van der Waals surface area contributed by atoms with Gasteiger partial charge in [0.2, 0.25) is 0 Å². The van der Waals surface area contributed by atoms with Gasteiger partial charge in [0.1, 0.15) is 5.78 Å². The summed E-state index contributed by atoms with van der Waals surface area (Å²) in [5, 5.41) is 0. The Labute approximate surface area is 105 Å². The largest absolute Gasteiger partial charge is 0.328 e. The van der Waals surface area contributed by atoms with Crippen LogP contribution in [0.25, 0.3) is 0 Å². The molecule has 0 amide bonds. The highest BCUT2D eigenvalue weighted by molar-refractivity contribution is 5.83. The van der Waals surface area contributed by atoms with E-state index in [9.17, 15) is 4.79 Å². The zero-order valence-corrected chi connectivity index (χ0v) is 11.3. The summed E-state index contributed by atoms with van der Waals surface area (Å²) in [6.07, 6.45) is 7.83. The SMILES string of the molecule is CC1CC(C)CC(C(=O)C2CCCC(N)C2)C1. The molecule has 0 heterocycles. The molecule has 4 atom stereocenters. The van der Waals surface area contributed by atoms with Gasteiger partial charge in [-0.25, -0.2) is 0 Å². The maximum atomic E-state index is 12.5. The Morgan fingerprint density at radius 2 is 1.59 bits per heavy atom. The minimum Gasteiger partial charge on any atom is -0.328 e. The molecule has 98 valence electrons. The molecule has 2 aliphatic carbocycles. The van der Waals surface area contributed by atoms with Crippen LogP contribution in [0.4, 0.5) is 0 Å². The number of Topliss-reactive ketones (excluding diaryl/α,β-unsaturated/α-hetero) is 1. The molecule has 0 spiro atoms. The molecule has 2 saturated carbocycles. The summed E-state index contributed by atoms with van der Waals surface area (Å²) in [6.45, 7) is 4.59. The smallest absolute Gasteiger partial charge is 0.139 e. The highest BCUT2D eigenvalue weighted by atomic mass is 16.1. The Kier molecular flexibility index (Phi) is 4.24. The molecule has 2 aliphatic rings. The lowest BCUT2D eigenvalue weighted by molar-refractivity contribution is -0.130. The van der Waals surface area contributed by atoms with Crippen molar-refractivity contribution in [2.45, 2.75) is 64.8 Å². The van der Waals surface area contributed by atoms with Crippen molar-refractivity contribution < 1.29 is 4.79 Å². The third-order valence-electron chi connectivity index (χ3n) is 4.70. The second-order valence-electron chi connectivity index (χ2n) is 6.64. The molecule has 0 radical (unpaired) electrons. The Morgan fingerprint density at radius 3 is 2.18 bits per heavy atom. The summed E-state index contributed by atoms with van der Waals surface area (Å²) < 4.78 is 0. The quantitative estimate of drug-likeness (QED) is 0.801. The van der Waals surface area contributed by atoms with E-state index in [1.807, 2.05) is 0 Å². The number of ketones is 1. The molecule has 2 fully saturated rings. The highest BCUT2D eigenvalue weighted by Crippen LogP contribution is 2.37. The first-order valence-electron chi connectivity index (χ1n) is 7.35. The Morgan fingerprint density at radius 1 is 0.941 bits per heavy atom. The molecule has 0 aliphatic heterocycles. The lowest BCUT2D eigenvalue weighted by atomic mass is 9.70. The summed E-state index contributed by atoms with van der Waals surface area (Å²) in [5.41, 5.74) is 5.99. The van der Waals surface area contributed by atoms with Crippen LogP contribution < -0.4 is 5.73 Å². The standard InChI is InChI=1S/C15H27NO/c1-10-6-11(2)8-13(7-10)15(17)12-4-3-5-14(16)9-12/h10-14H,3-9,16H2,1-2H3. The van der Waals surface area contributed by atoms with Gasteiger partial charge in [0.15, 0.2) is 0 Å². The Hall–Kier alpha value is -0.370. The van der Waals surface area contributed by atoms with Crippen LogP contribution in [-0.4, -0.2) is 11.8 Å². The van der Waals surface area contributed by atoms with E-state index in [0.29, 0.717) is 11.7 Å². The van der Waals surface area contributed by atoms with Gasteiger partial charge in [-0.2, -0.15) is 0 Å². The first-order valence-corrected chi connectivity index (χ1v) is 7.35. The molecule has 0 aromatic heterocycles. The van der Waals surface area contributed by atoms with E-state index in [0.717, 1.165) is 50.4 Å². The average Bonchev–Trinajstić information content (AvgIpc) is 2.26. The molecule has 0 saturated heterocycles. The number of hydrogen-bond donors (Lipinski definition) is 1. The Bertz CT molecular complexity index is 266. The number of nitrogens with two attached hydrogens (primary N) is 1. The number of carbonyl (C=O) groups is 1. The third kappa shape index (κ3) is 3.31. The first-order chi connectivity index (χ1) is 8.06. The van der Waals surface area contributed by atoms with Crippen molar-refractivity contribution in [2.75, 3.05) is 0 Å². The van der Waals surface area contributed by atoms with Crippen LogP contribution in [-0.2, 0) is 4.79 Å². The van der Waals surface area contributed by atoms with Crippen molar-refractivity contribution in [3.05, 3.63) is 0 Å². The topological polar surface area (TPSA) is 43.1 Å². The molecule has 0 aromatic rings. The van der Waals surface area contributed by atoms with Crippen LogP contribution in [0, 0.1) is 23.7 Å². The number of carbonyl (C=O) groups excluding carboxylic acids is 1. The molecule has 2 heteroatoms. The van der Waals surface area contributed by atoms with Gasteiger partial charge in [-0.3, -0.25) is 4.79 Å². The fourth-order valence-electron chi connectivity index (χ4n) is 4.00. The van der Waals surface area contributed by atoms with E-state index >= 15 is 0 Å². The van der Waals surface area contributed by atoms with Crippen molar-refractivity contribution in [3.8, 4) is 0 Å². The second-order valence-corrected chi connectivity index (χ2v) is 6.64. The van der Waals surface area contributed by atoms with Gasteiger partial charge < -0.3 is 5.73 Å². The fourth-order valence-corrected chi connectivity index (χ4v) is 4.00. The lowest BCUT2D eigenvalue weighted by Crippen LogP contribution is -2.36. The summed E-state index contributed by atoms with van der Waals surface area (Å²) in [6, 6.07) is 0.274. The molecular weight excluding hydrogens is 210 g/mol. The van der Waals surface area contributed by atoms with Crippen molar-refractivity contribution in [3.63, 3.8) is 0 Å². The highest BCUT2D eigenvalue weighted by Gasteiger charge is 2.34. The van der Waals surface area contributed by atoms with Gasteiger partial charge in [0.25, 0.3) is 0 Å². The summed E-state index contributed by atoms with van der Waals surface area (Å²) in [5.74, 6) is 2.61. The Balaban J connectivity index is 1.94. The molecule has 2 N–H and O–H groups in total. The zero-order chi connectivity index (χ0) is 12.4. The molecule has 4 unspecified atom stereocenters. The van der Waals surface area contributed by atoms with Crippen LogP contribution in [0.3, 0.4) is 0 Å². The van der Waals surface area contributed by atoms with Crippen molar-refractivity contribution in [1.29, 1.82) is 0 Å². The fraction of sp³-hybridized carbons (Fsp3) is 0.933. The van der Waals surface area contributed by atoms with Gasteiger partial charge in [-0.05, 0) is 50.4 Å². The van der Waals surface area contributed by atoms with Crippen LogP contribution in [0.1, 0.15) is 58.8 Å². The normalized spacial score (nSPS) is 43.4.